The highest BCUT2D eigenvalue weighted by Crippen LogP contribution is 2.45. The number of likely N-dealkylation sites (tertiary alicyclic amines) is 1. The van der Waals surface area contributed by atoms with Crippen LogP contribution in [0.3, 0.4) is 0 Å². The zero-order valence-corrected chi connectivity index (χ0v) is 14.7. The number of hydrogen-bond acceptors (Lipinski definition) is 4. The molecule has 24 heavy (non-hydrogen) atoms. The third-order valence-corrected chi connectivity index (χ3v) is 6.55. The van der Waals surface area contributed by atoms with Crippen LogP contribution in [0.2, 0.25) is 0 Å². The first kappa shape index (κ1) is 16.1. The van der Waals surface area contributed by atoms with Crippen LogP contribution in [-0.2, 0) is 12.8 Å². The van der Waals surface area contributed by atoms with Gasteiger partial charge in [0, 0.05) is 30.9 Å². The van der Waals surface area contributed by atoms with Crippen LogP contribution in [0.25, 0.3) is 0 Å². The molecule has 2 fully saturated rings. The third-order valence-electron chi connectivity index (χ3n) is 5.67. The van der Waals surface area contributed by atoms with E-state index < -0.39 is 5.60 Å². The van der Waals surface area contributed by atoms with Crippen molar-refractivity contribution in [2.24, 2.45) is 11.8 Å². The van der Waals surface area contributed by atoms with Gasteiger partial charge in [0.2, 0.25) is 0 Å². The smallest absolute Gasteiger partial charge is 0.115 e. The van der Waals surface area contributed by atoms with Gasteiger partial charge in [-0.1, -0.05) is 18.2 Å². The molecule has 1 aromatic carbocycles. The van der Waals surface area contributed by atoms with Crippen molar-refractivity contribution in [2.75, 3.05) is 19.6 Å². The van der Waals surface area contributed by atoms with Gasteiger partial charge in [0.25, 0.3) is 0 Å². The predicted molar refractivity (Wildman–Crippen MR) is 97.4 cm³/mol. The minimum absolute atomic E-state index is 0.333. The van der Waals surface area contributed by atoms with E-state index in [1.165, 1.54) is 10.4 Å². The Morgan fingerprint density at radius 2 is 1.79 bits per heavy atom. The van der Waals surface area contributed by atoms with Gasteiger partial charge >= 0.3 is 0 Å². The Kier molecular flexibility index (Phi) is 4.37. The van der Waals surface area contributed by atoms with Gasteiger partial charge in [-0.25, -0.2) is 0 Å². The predicted octanol–water partition coefficient (Wildman–Crippen LogP) is 3.31. The quantitative estimate of drug-likeness (QED) is 0.875. The van der Waals surface area contributed by atoms with Gasteiger partial charge in [0.1, 0.15) is 5.75 Å². The van der Waals surface area contributed by atoms with E-state index in [1.807, 2.05) is 12.1 Å². The largest absolute Gasteiger partial charge is 0.508 e. The summed E-state index contributed by atoms with van der Waals surface area (Å²) in [5.74, 6) is 1.63. The second-order valence-electron chi connectivity index (χ2n) is 7.58. The molecule has 0 bridgehead atoms. The Labute approximate surface area is 147 Å². The van der Waals surface area contributed by atoms with Gasteiger partial charge in [-0.2, -0.15) is 0 Å². The number of phenolic OH excluding ortho intramolecular Hbond substituents is 1. The number of aliphatic hydroxyl groups is 1. The van der Waals surface area contributed by atoms with Crippen LogP contribution >= 0.6 is 11.3 Å². The van der Waals surface area contributed by atoms with Crippen molar-refractivity contribution >= 4 is 11.3 Å². The number of aromatic hydroxyl groups is 1. The van der Waals surface area contributed by atoms with Crippen LogP contribution in [0.4, 0.5) is 0 Å². The van der Waals surface area contributed by atoms with Crippen LogP contribution in [0.5, 0.6) is 5.75 Å². The van der Waals surface area contributed by atoms with E-state index in [2.05, 4.69) is 22.4 Å². The molecule has 1 aromatic heterocycles. The zero-order valence-electron chi connectivity index (χ0n) is 13.9. The topological polar surface area (TPSA) is 43.7 Å². The molecular weight excluding hydrogens is 318 g/mol. The Balaban J connectivity index is 1.29. The molecule has 2 aromatic rings. The summed E-state index contributed by atoms with van der Waals surface area (Å²) in [5, 5.41) is 22.4. The highest BCUT2D eigenvalue weighted by atomic mass is 32.1. The number of phenols is 1. The van der Waals surface area contributed by atoms with Crippen molar-refractivity contribution in [1.29, 1.82) is 0 Å². The van der Waals surface area contributed by atoms with E-state index in [0.717, 1.165) is 45.3 Å². The van der Waals surface area contributed by atoms with Crippen LogP contribution in [0.1, 0.15) is 23.3 Å². The zero-order chi connectivity index (χ0) is 16.6. The van der Waals surface area contributed by atoms with E-state index in [1.54, 1.807) is 23.5 Å². The first-order chi connectivity index (χ1) is 11.6. The normalized spacial score (nSPS) is 29.9. The number of thiophene rings is 1. The maximum Gasteiger partial charge on any atom is 0.115 e. The molecule has 4 heteroatoms. The van der Waals surface area contributed by atoms with Crippen LogP contribution < -0.4 is 0 Å². The molecule has 3 nitrogen and oxygen atoms in total. The SMILES string of the molecule is Oc1ccc(CCN2CC3CC(O)(Cc4cccs4)CC3C2)cc1. The second kappa shape index (κ2) is 6.51. The lowest BCUT2D eigenvalue weighted by atomic mass is 9.95. The van der Waals surface area contributed by atoms with Gasteiger partial charge in [-0.15, -0.1) is 11.3 Å². The summed E-state index contributed by atoms with van der Waals surface area (Å²) >= 11 is 1.76. The van der Waals surface area contributed by atoms with Crippen molar-refractivity contribution in [1.82, 2.24) is 4.90 Å². The maximum atomic E-state index is 11.0. The fraction of sp³-hybridized carbons (Fsp3) is 0.500. The molecule has 1 saturated heterocycles. The molecule has 4 rings (SSSR count). The lowest BCUT2D eigenvalue weighted by Gasteiger charge is -2.25. The first-order valence-electron chi connectivity index (χ1n) is 8.85. The van der Waals surface area contributed by atoms with E-state index >= 15 is 0 Å². The molecule has 2 heterocycles. The van der Waals surface area contributed by atoms with E-state index in [-0.39, 0.29) is 0 Å². The van der Waals surface area contributed by atoms with Gasteiger partial charge < -0.3 is 15.1 Å². The lowest BCUT2D eigenvalue weighted by Crippen LogP contribution is -2.32. The first-order valence-corrected chi connectivity index (χ1v) is 9.73. The van der Waals surface area contributed by atoms with E-state index in [9.17, 15) is 10.2 Å². The summed E-state index contributed by atoms with van der Waals surface area (Å²) in [6.45, 7) is 3.31. The van der Waals surface area contributed by atoms with Crippen LogP contribution in [-0.4, -0.2) is 40.3 Å². The van der Waals surface area contributed by atoms with Crippen molar-refractivity contribution in [3.05, 3.63) is 52.2 Å². The van der Waals surface area contributed by atoms with Crippen LogP contribution in [0, 0.1) is 11.8 Å². The highest BCUT2D eigenvalue weighted by molar-refractivity contribution is 7.09. The summed E-state index contributed by atoms with van der Waals surface area (Å²) in [7, 11) is 0. The fourth-order valence-electron chi connectivity index (χ4n) is 4.57. The summed E-state index contributed by atoms with van der Waals surface area (Å²) in [5.41, 5.74) is 0.794. The summed E-state index contributed by atoms with van der Waals surface area (Å²) in [6, 6.07) is 11.8. The minimum atomic E-state index is -0.483. The standard InChI is InChI=1S/C20H25NO2S/c22-18-5-3-15(4-6-18)7-8-21-13-16-10-20(23,11-17(16)14-21)12-19-2-1-9-24-19/h1-6,9,16-17,22-23H,7-8,10-14H2. The van der Waals surface area contributed by atoms with E-state index in [0.29, 0.717) is 17.6 Å². The minimum Gasteiger partial charge on any atom is -0.508 e. The molecule has 1 aliphatic carbocycles. The number of hydrogen-bond donors (Lipinski definition) is 2. The van der Waals surface area contributed by atoms with Crippen molar-refractivity contribution in [3.8, 4) is 5.75 Å². The summed E-state index contributed by atoms with van der Waals surface area (Å²) < 4.78 is 0. The average Bonchev–Trinajstić information content (AvgIpc) is 3.22. The van der Waals surface area contributed by atoms with Crippen molar-refractivity contribution < 1.29 is 10.2 Å². The molecule has 0 spiro atoms. The molecule has 2 N–H and O–H groups in total. The molecule has 2 atom stereocenters. The number of rotatable bonds is 5. The Hall–Kier alpha value is -1.36. The number of nitrogens with zero attached hydrogens (tertiary/aromatic N) is 1. The van der Waals surface area contributed by atoms with Crippen LogP contribution in [0.15, 0.2) is 41.8 Å². The molecule has 0 radical (unpaired) electrons. The summed E-state index contributed by atoms with van der Waals surface area (Å²) in [6.07, 6.45) is 3.75. The van der Waals surface area contributed by atoms with Gasteiger partial charge in [0.15, 0.2) is 0 Å². The maximum absolute atomic E-state index is 11.0. The third kappa shape index (κ3) is 3.51. The van der Waals surface area contributed by atoms with Crippen molar-refractivity contribution in [2.45, 2.75) is 31.3 Å². The molecule has 2 aliphatic rings. The number of fused-ring (bicyclic) bond motifs is 1. The van der Waals surface area contributed by atoms with Gasteiger partial charge in [-0.05, 0) is 60.2 Å². The number of benzene rings is 1. The Bertz CT molecular complexity index is 653. The molecular formula is C20H25NO2S. The molecule has 2 unspecified atom stereocenters. The second-order valence-corrected chi connectivity index (χ2v) is 8.62. The van der Waals surface area contributed by atoms with Gasteiger partial charge in [-0.3, -0.25) is 0 Å². The molecule has 128 valence electrons. The van der Waals surface area contributed by atoms with Gasteiger partial charge in [0.05, 0.1) is 5.60 Å². The average molecular weight is 343 g/mol. The Morgan fingerprint density at radius 1 is 1.08 bits per heavy atom. The molecule has 1 saturated carbocycles. The highest BCUT2D eigenvalue weighted by Gasteiger charge is 2.47. The van der Waals surface area contributed by atoms with E-state index in [4.69, 9.17) is 0 Å². The Morgan fingerprint density at radius 3 is 2.42 bits per heavy atom. The fourth-order valence-corrected chi connectivity index (χ4v) is 5.41. The molecule has 1 aliphatic heterocycles. The summed E-state index contributed by atoms with van der Waals surface area (Å²) in [4.78, 5) is 3.86. The molecule has 0 amide bonds. The lowest BCUT2D eigenvalue weighted by molar-refractivity contribution is 0.0363. The van der Waals surface area contributed by atoms with Crippen molar-refractivity contribution in [3.63, 3.8) is 0 Å². The monoisotopic (exact) mass is 343 g/mol.